The van der Waals surface area contributed by atoms with E-state index in [-0.39, 0.29) is 10.5 Å². The van der Waals surface area contributed by atoms with Crippen LogP contribution in [0.5, 0.6) is 11.5 Å². The molecule has 2 aromatic carbocycles. The summed E-state index contributed by atoms with van der Waals surface area (Å²) in [4.78, 5) is 21.1. The Bertz CT molecular complexity index is 1440. The Morgan fingerprint density at radius 1 is 0.967 bits per heavy atom. The zero-order chi connectivity index (χ0) is 20.9. The van der Waals surface area contributed by atoms with E-state index < -0.39 is 9.84 Å². The summed E-state index contributed by atoms with van der Waals surface area (Å²) < 4.78 is 35.0. The van der Waals surface area contributed by atoms with Crippen molar-refractivity contribution in [2.24, 2.45) is 0 Å². The van der Waals surface area contributed by atoms with Crippen molar-refractivity contribution < 1.29 is 17.9 Å². The summed E-state index contributed by atoms with van der Waals surface area (Å²) in [7, 11) is -3.29. The standard InChI is InChI=1S/C21H16N2O5S2/c1-30(25,26)14-5-2-12(3-6-14)20-22-15-11-18(29-19(15)21(24)23-20)13-4-7-16-17(10-13)28-9-8-27-16/h2-7,10-11H,8-9H2,1H3,(H,22,23,24). The van der Waals surface area contributed by atoms with Crippen LogP contribution in [0.2, 0.25) is 0 Å². The number of rotatable bonds is 3. The van der Waals surface area contributed by atoms with Crippen LogP contribution in [0.4, 0.5) is 0 Å². The molecule has 3 heterocycles. The fourth-order valence-electron chi connectivity index (χ4n) is 3.28. The Balaban J connectivity index is 1.56. The lowest BCUT2D eigenvalue weighted by atomic mass is 10.1. The molecule has 0 saturated carbocycles. The van der Waals surface area contributed by atoms with Gasteiger partial charge in [-0.1, -0.05) is 0 Å². The van der Waals surface area contributed by atoms with Gasteiger partial charge < -0.3 is 14.5 Å². The molecule has 30 heavy (non-hydrogen) atoms. The summed E-state index contributed by atoms with van der Waals surface area (Å²) in [6.45, 7) is 1.04. The summed E-state index contributed by atoms with van der Waals surface area (Å²) in [5.41, 5.74) is 1.89. The zero-order valence-electron chi connectivity index (χ0n) is 15.8. The van der Waals surface area contributed by atoms with Crippen molar-refractivity contribution in [1.29, 1.82) is 0 Å². The minimum Gasteiger partial charge on any atom is -0.486 e. The minimum absolute atomic E-state index is 0.214. The zero-order valence-corrected chi connectivity index (χ0v) is 17.5. The van der Waals surface area contributed by atoms with Crippen molar-refractivity contribution >= 4 is 31.4 Å². The van der Waals surface area contributed by atoms with Crippen LogP contribution in [0.3, 0.4) is 0 Å². The number of nitrogens with one attached hydrogen (secondary N) is 1. The Morgan fingerprint density at radius 3 is 2.40 bits per heavy atom. The number of fused-ring (bicyclic) bond motifs is 2. The Kier molecular flexibility index (Phi) is 4.37. The molecular weight excluding hydrogens is 424 g/mol. The van der Waals surface area contributed by atoms with E-state index in [2.05, 4.69) is 9.97 Å². The number of benzene rings is 2. The SMILES string of the molecule is CS(=O)(=O)c1ccc(-c2nc3cc(-c4ccc5c(c4)OCCO5)sc3c(=O)[nH]2)cc1. The number of thiophene rings is 1. The van der Waals surface area contributed by atoms with Crippen molar-refractivity contribution in [1.82, 2.24) is 9.97 Å². The first kappa shape index (κ1) is 18.8. The molecule has 0 radical (unpaired) electrons. The first-order valence-corrected chi connectivity index (χ1v) is 11.8. The predicted octanol–water partition coefficient (Wildman–Crippen LogP) is 3.49. The summed E-state index contributed by atoms with van der Waals surface area (Å²) in [5.74, 6) is 1.78. The maximum atomic E-state index is 12.7. The molecular formula is C21H16N2O5S2. The van der Waals surface area contributed by atoms with Gasteiger partial charge in [0.15, 0.2) is 21.3 Å². The van der Waals surface area contributed by atoms with Gasteiger partial charge in [0.25, 0.3) is 5.56 Å². The molecule has 152 valence electrons. The Labute approximate surface area is 175 Å². The molecule has 0 saturated heterocycles. The van der Waals surface area contributed by atoms with Gasteiger partial charge in [-0.05, 0) is 54.1 Å². The number of aromatic nitrogens is 2. The number of H-pyrrole nitrogens is 1. The third-order valence-electron chi connectivity index (χ3n) is 4.77. The molecule has 0 fully saturated rings. The van der Waals surface area contributed by atoms with E-state index in [9.17, 15) is 13.2 Å². The van der Waals surface area contributed by atoms with E-state index in [0.29, 0.717) is 46.3 Å². The van der Waals surface area contributed by atoms with E-state index >= 15 is 0 Å². The predicted molar refractivity (Wildman–Crippen MR) is 115 cm³/mol. The lowest BCUT2D eigenvalue weighted by Crippen LogP contribution is -2.15. The molecule has 1 aliphatic heterocycles. The first-order chi connectivity index (χ1) is 14.4. The number of aromatic amines is 1. The van der Waals surface area contributed by atoms with Gasteiger partial charge in [0.2, 0.25) is 0 Å². The van der Waals surface area contributed by atoms with Gasteiger partial charge in [-0.2, -0.15) is 0 Å². The van der Waals surface area contributed by atoms with Gasteiger partial charge >= 0.3 is 0 Å². The highest BCUT2D eigenvalue weighted by Crippen LogP contribution is 2.38. The largest absolute Gasteiger partial charge is 0.486 e. The van der Waals surface area contributed by atoms with Crippen LogP contribution >= 0.6 is 11.3 Å². The van der Waals surface area contributed by atoms with Crippen LogP contribution in [-0.2, 0) is 9.84 Å². The smallest absolute Gasteiger partial charge is 0.269 e. The first-order valence-electron chi connectivity index (χ1n) is 9.13. The molecule has 2 aromatic heterocycles. The summed E-state index contributed by atoms with van der Waals surface area (Å²) >= 11 is 1.36. The highest BCUT2D eigenvalue weighted by atomic mass is 32.2. The van der Waals surface area contributed by atoms with E-state index in [4.69, 9.17) is 9.47 Å². The van der Waals surface area contributed by atoms with Crippen LogP contribution in [-0.4, -0.2) is 37.9 Å². The summed E-state index contributed by atoms with van der Waals surface area (Å²) in [6.07, 6.45) is 1.15. The molecule has 0 atom stereocenters. The number of sulfone groups is 1. The topological polar surface area (TPSA) is 98.3 Å². The van der Waals surface area contributed by atoms with E-state index in [1.54, 1.807) is 12.1 Å². The fourth-order valence-corrected chi connectivity index (χ4v) is 4.89. The average Bonchev–Trinajstić information content (AvgIpc) is 3.18. The van der Waals surface area contributed by atoms with Gasteiger partial charge in [0.05, 0.1) is 10.4 Å². The van der Waals surface area contributed by atoms with E-state index in [1.807, 2.05) is 24.3 Å². The van der Waals surface area contributed by atoms with Crippen molar-refractivity contribution in [2.45, 2.75) is 4.90 Å². The van der Waals surface area contributed by atoms with Gasteiger partial charge in [0.1, 0.15) is 23.7 Å². The Hall–Kier alpha value is -3.17. The highest BCUT2D eigenvalue weighted by Gasteiger charge is 2.16. The second-order valence-electron chi connectivity index (χ2n) is 6.89. The molecule has 0 amide bonds. The van der Waals surface area contributed by atoms with Gasteiger partial charge in [-0.25, -0.2) is 13.4 Å². The monoisotopic (exact) mass is 440 g/mol. The van der Waals surface area contributed by atoms with Gasteiger partial charge in [-0.15, -0.1) is 11.3 Å². The van der Waals surface area contributed by atoms with Crippen molar-refractivity contribution in [2.75, 3.05) is 19.5 Å². The third kappa shape index (κ3) is 3.35. The molecule has 4 aromatic rings. The molecule has 0 spiro atoms. The van der Waals surface area contributed by atoms with Gasteiger partial charge in [-0.3, -0.25) is 4.79 Å². The lowest BCUT2D eigenvalue weighted by molar-refractivity contribution is 0.171. The van der Waals surface area contributed by atoms with Crippen LogP contribution < -0.4 is 15.0 Å². The van der Waals surface area contributed by atoms with Crippen molar-refractivity contribution in [3.63, 3.8) is 0 Å². The highest BCUT2D eigenvalue weighted by molar-refractivity contribution is 7.90. The van der Waals surface area contributed by atoms with Crippen LogP contribution in [0.1, 0.15) is 0 Å². The molecule has 0 unspecified atom stereocenters. The molecule has 0 aliphatic carbocycles. The van der Waals surface area contributed by atoms with Crippen LogP contribution in [0, 0.1) is 0 Å². The number of ether oxygens (including phenoxy) is 2. The molecule has 7 nitrogen and oxygen atoms in total. The molecule has 5 rings (SSSR count). The second-order valence-corrected chi connectivity index (χ2v) is 9.96. The normalized spacial score (nSPS) is 13.5. The summed E-state index contributed by atoms with van der Waals surface area (Å²) in [5, 5.41) is 0. The number of hydrogen-bond acceptors (Lipinski definition) is 7. The maximum Gasteiger partial charge on any atom is 0.269 e. The Morgan fingerprint density at radius 2 is 1.67 bits per heavy atom. The molecule has 0 bridgehead atoms. The van der Waals surface area contributed by atoms with E-state index in [0.717, 1.165) is 16.7 Å². The maximum absolute atomic E-state index is 12.7. The quantitative estimate of drug-likeness (QED) is 0.524. The molecule has 9 heteroatoms. The second kappa shape index (κ2) is 6.96. The van der Waals surface area contributed by atoms with Gasteiger partial charge in [0, 0.05) is 16.7 Å². The van der Waals surface area contributed by atoms with Crippen LogP contribution in [0.15, 0.2) is 58.2 Å². The summed E-state index contributed by atoms with van der Waals surface area (Å²) in [6, 6.07) is 13.8. The average molecular weight is 441 g/mol. The van der Waals surface area contributed by atoms with Crippen LogP contribution in [0.25, 0.3) is 32.0 Å². The number of hydrogen-bond donors (Lipinski definition) is 1. The fraction of sp³-hybridized carbons (Fsp3) is 0.143. The van der Waals surface area contributed by atoms with E-state index in [1.165, 1.54) is 23.5 Å². The van der Waals surface area contributed by atoms with Crippen molar-refractivity contribution in [3.05, 3.63) is 58.9 Å². The molecule has 1 N–H and O–H groups in total. The third-order valence-corrected chi connectivity index (χ3v) is 7.07. The lowest BCUT2D eigenvalue weighted by Gasteiger charge is -2.18. The minimum atomic E-state index is -3.29. The van der Waals surface area contributed by atoms with Crippen molar-refractivity contribution in [3.8, 4) is 33.3 Å². The number of nitrogens with zero attached hydrogens (tertiary/aromatic N) is 1. The molecule has 1 aliphatic rings.